The van der Waals surface area contributed by atoms with E-state index in [0.29, 0.717) is 18.5 Å². The first-order valence-electron chi connectivity index (χ1n) is 10.9. The molecule has 0 aliphatic carbocycles. The minimum Gasteiger partial charge on any atom is -0.357 e. The molecule has 1 unspecified atom stereocenters. The van der Waals surface area contributed by atoms with Crippen molar-refractivity contribution < 1.29 is 0 Å². The van der Waals surface area contributed by atoms with Crippen molar-refractivity contribution in [3.63, 3.8) is 0 Å². The number of nitrogens with zero attached hydrogens (tertiary/aromatic N) is 5. The van der Waals surface area contributed by atoms with Crippen molar-refractivity contribution in [1.29, 1.82) is 0 Å². The van der Waals surface area contributed by atoms with Gasteiger partial charge in [0.1, 0.15) is 12.4 Å². The minimum absolute atomic E-state index is 0. The van der Waals surface area contributed by atoms with Gasteiger partial charge in [0.25, 0.3) is 0 Å². The van der Waals surface area contributed by atoms with Crippen LogP contribution in [0, 0.1) is 5.92 Å². The molecule has 2 aliphatic heterocycles. The third kappa shape index (κ3) is 6.30. The number of aliphatic imine (C=N–C) groups is 1. The van der Waals surface area contributed by atoms with E-state index in [-0.39, 0.29) is 24.0 Å². The predicted octanol–water partition coefficient (Wildman–Crippen LogP) is 2.80. The van der Waals surface area contributed by atoms with Crippen LogP contribution in [0.25, 0.3) is 0 Å². The zero-order valence-electron chi connectivity index (χ0n) is 17.8. The van der Waals surface area contributed by atoms with Crippen LogP contribution in [-0.4, -0.2) is 57.8 Å². The second-order valence-corrected chi connectivity index (χ2v) is 8.13. The molecule has 0 radical (unpaired) electrons. The van der Waals surface area contributed by atoms with E-state index in [4.69, 9.17) is 4.99 Å². The Balaban J connectivity index is 0.00000280. The number of fused-ring (bicyclic) bond motifs is 1. The molecule has 7 nitrogen and oxygen atoms in total. The summed E-state index contributed by atoms with van der Waals surface area (Å²) in [5.74, 6) is 3.60. The van der Waals surface area contributed by atoms with Crippen molar-refractivity contribution >= 4 is 29.9 Å². The maximum atomic E-state index is 4.78. The summed E-state index contributed by atoms with van der Waals surface area (Å²) in [5.41, 5.74) is 0. The summed E-state index contributed by atoms with van der Waals surface area (Å²) in [6, 6.07) is 0.546. The van der Waals surface area contributed by atoms with Crippen LogP contribution in [0.1, 0.15) is 64.5 Å². The lowest BCUT2D eigenvalue weighted by atomic mass is 10.0. The molecule has 0 amide bonds. The second-order valence-electron chi connectivity index (χ2n) is 8.13. The van der Waals surface area contributed by atoms with Gasteiger partial charge in [-0.25, -0.2) is 4.99 Å². The Bertz CT molecular complexity index is 606. The summed E-state index contributed by atoms with van der Waals surface area (Å²) < 4.78 is 2.22. The summed E-state index contributed by atoms with van der Waals surface area (Å²) in [6.07, 6.45) is 7.63. The Labute approximate surface area is 187 Å². The molecule has 160 valence electrons. The predicted molar refractivity (Wildman–Crippen MR) is 125 cm³/mol. The first-order valence-corrected chi connectivity index (χ1v) is 10.9. The summed E-state index contributed by atoms with van der Waals surface area (Å²) in [6.45, 7) is 12.6. The van der Waals surface area contributed by atoms with Gasteiger partial charge in [-0.2, -0.15) is 0 Å². The zero-order valence-corrected chi connectivity index (χ0v) is 20.1. The van der Waals surface area contributed by atoms with Gasteiger partial charge in [0, 0.05) is 32.1 Å². The standard InChI is InChI=1S/C20H37N7.HI/c1-4-21-20(23-15-19-25-24-18-10-9-13-27(18)19)22-14-17(16(2)3)26-11-7-5-6-8-12-26;/h16-17H,4-15H2,1-3H3,(H2,21,22,23);1H. The van der Waals surface area contributed by atoms with Gasteiger partial charge >= 0.3 is 0 Å². The molecule has 0 aromatic carbocycles. The van der Waals surface area contributed by atoms with Gasteiger partial charge in [0.05, 0.1) is 0 Å². The smallest absolute Gasteiger partial charge is 0.191 e. The van der Waals surface area contributed by atoms with Crippen molar-refractivity contribution in [3.8, 4) is 0 Å². The van der Waals surface area contributed by atoms with Gasteiger partial charge < -0.3 is 15.2 Å². The lowest BCUT2D eigenvalue weighted by molar-refractivity contribution is 0.161. The van der Waals surface area contributed by atoms with E-state index in [2.05, 4.69) is 51.1 Å². The fraction of sp³-hybridized carbons (Fsp3) is 0.850. The Morgan fingerprint density at radius 3 is 2.46 bits per heavy atom. The van der Waals surface area contributed by atoms with Crippen LogP contribution in [-0.2, 0) is 19.5 Å². The second kappa shape index (κ2) is 11.9. The van der Waals surface area contributed by atoms with Gasteiger partial charge in [-0.15, -0.1) is 34.2 Å². The fourth-order valence-electron chi connectivity index (χ4n) is 4.23. The van der Waals surface area contributed by atoms with Crippen LogP contribution in [0.4, 0.5) is 0 Å². The number of guanidine groups is 1. The minimum atomic E-state index is 0. The molecule has 1 atom stereocenters. The van der Waals surface area contributed by atoms with Gasteiger partial charge in [0.15, 0.2) is 11.8 Å². The highest BCUT2D eigenvalue weighted by Gasteiger charge is 2.23. The number of halogens is 1. The summed E-state index contributed by atoms with van der Waals surface area (Å²) in [7, 11) is 0. The monoisotopic (exact) mass is 503 g/mol. The third-order valence-electron chi connectivity index (χ3n) is 5.77. The van der Waals surface area contributed by atoms with E-state index < -0.39 is 0 Å². The number of hydrogen-bond acceptors (Lipinski definition) is 4. The molecule has 1 saturated heterocycles. The lowest BCUT2D eigenvalue weighted by Gasteiger charge is -2.34. The van der Waals surface area contributed by atoms with E-state index in [1.54, 1.807) is 0 Å². The van der Waals surface area contributed by atoms with Crippen LogP contribution in [0.2, 0.25) is 0 Å². The van der Waals surface area contributed by atoms with Crippen LogP contribution in [0.15, 0.2) is 4.99 Å². The fourth-order valence-corrected chi connectivity index (χ4v) is 4.23. The number of likely N-dealkylation sites (tertiary alicyclic amines) is 1. The Morgan fingerprint density at radius 2 is 1.79 bits per heavy atom. The topological polar surface area (TPSA) is 70.4 Å². The van der Waals surface area contributed by atoms with Crippen molar-refractivity contribution in [2.24, 2.45) is 10.9 Å². The summed E-state index contributed by atoms with van der Waals surface area (Å²) in [4.78, 5) is 7.46. The molecule has 0 bridgehead atoms. The Kier molecular flexibility index (Phi) is 9.98. The first-order chi connectivity index (χ1) is 13.2. The molecule has 3 rings (SSSR count). The molecular formula is C20H38IN7. The van der Waals surface area contributed by atoms with Crippen LogP contribution < -0.4 is 10.6 Å². The molecule has 28 heavy (non-hydrogen) atoms. The van der Waals surface area contributed by atoms with E-state index in [1.165, 1.54) is 45.2 Å². The first kappa shape index (κ1) is 23.4. The third-order valence-corrected chi connectivity index (χ3v) is 5.77. The molecule has 1 aromatic rings. The normalized spacial score (nSPS) is 19.1. The van der Waals surface area contributed by atoms with Crippen LogP contribution in [0.3, 0.4) is 0 Å². The van der Waals surface area contributed by atoms with Gasteiger partial charge in [0.2, 0.25) is 0 Å². The maximum absolute atomic E-state index is 4.78. The highest BCUT2D eigenvalue weighted by molar-refractivity contribution is 14.0. The largest absolute Gasteiger partial charge is 0.357 e. The molecular weight excluding hydrogens is 465 g/mol. The molecule has 2 aliphatic rings. The van der Waals surface area contributed by atoms with E-state index >= 15 is 0 Å². The van der Waals surface area contributed by atoms with Crippen molar-refractivity contribution in [2.45, 2.75) is 78.4 Å². The quantitative estimate of drug-likeness (QED) is 0.340. The molecule has 0 spiro atoms. The number of nitrogens with one attached hydrogen (secondary N) is 2. The Morgan fingerprint density at radius 1 is 1.04 bits per heavy atom. The van der Waals surface area contributed by atoms with Crippen LogP contribution in [0.5, 0.6) is 0 Å². The van der Waals surface area contributed by atoms with Gasteiger partial charge in [-0.05, 0) is 45.2 Å². The SMILES string of the molecule is CCNC(=NCc1nnc2n1CCC2)NCC(C(C)C)N1CCCCCC1.I. The molecule has 8 heteroatoms. The molecule has 0 saturated carbocycles. The number of aryl methyl sites for hydroxylation is 1. The van der Waals surface area contributed by atoms with E-state index in [9.17, 15) is 0 Å². The lowest BCUT2D eigenvalue weighted by Crippen LogP contribution is -2.49. The summed E-state index contributed by atoms with van der Waals surface area (Å²) in [5, 5.41) is 15.6. The zero-order chi connectivity index (χ0) is 19.1. The molecule has 1 aromatic heterocycles. The van der Waals surface area contributed by atoms with Crippen molar-refractivity contribution in [3.05, 3.63) is 11.6 Å². The molecule has 3 heterocycles. The number of rotatable bonds is 7. The van der Waals surface area contributed by atoms with Crippen molar-refractivity contribution in [1.82, 2.24) is 30.3 Å². The number of aromatic nitrogens is 3. The summed E-state index contributed by atoms with van der Waals surface area (Å²) >= 11 is 0. The van der Waals surface area contributed by atoms with Gasteiger partial charge in [-0.1, -0.05) is 26.7 Å². The molecule has 1 fully saturated rings. The molecule has 2 N–H and O–H groups in total. The maximum Gasteiger partial charge on any atom is 0.191 e. The highest BCUT2D eigenvalue weighted by atomic mass is 127. The van der Waals surface area contributed by atoms with Crippen LogP contribution >= 0.6 is 24.0 Å². The number of hydrogen-bond donors (Lipinski definition) is 2. The Hall–Kier alpha value is -0.900. The average Bonchev–Trinajstić information content (AvgIpc) is 3.16. The van der Waals surface area contributed by atoms with Gasteiger partial charge in [-0.3, -0.25) is 4.90 Å². The van der Waals surface area contributed by atoms with E-state index in [1.807, 2.05) is 0 Å². The highest BCUT2D eigenvalue weighted by Crippen LogP contribution is 2.17. The average molecular weight is 503 g/mol. The van der Waals surface area contributed by atoms with E-state index in [0.717, 1.165) is 43.7 Å². The van der Waals surface area contributed by atoms with Crippen molar-refractivity contribution in [2.75, 3.05) is 26.2 Å².